The number of amides is 2. The molecule has 0 radical (unpaired) electrons. The van der Waals surface area contributed by atoms with Crippen LogP contribution in [0.1, 0.15) is 23.9 Å². The summed E-state index contributed by atoms with van der Waals surface area (Å²) in [5.41, 5.74) is 1.23. The molecule has 2 N–H and O–H groups in total. The maximum Gasteiger partial charge on any atom is 0.376 e. The second kappa shape index (κ2) is 9.78. The fraction of sp³-hybridized carbons (Fsp3) is 0.217. The summed E-state index contributed by atoms with van der Waals surface area (Å²) >= 11 is 1.27. The van der Waals surface area contributed by atoms with Crippen LogP contribution in [0.4, 0.5) is 11.4 Å². The van der Waals surface area contributed by atoms with Crippen molar-refractivity contribution < 1.29 is 33.1 Å². The van der Waals surface area contributed by atoms with Crippen LogP contribution in [0.25, 0.3) is 11.0 Å². The summed E-state index contributed by atoms with van der Waals surface area (Å²) in [7, 11) is 0. The van der Waals surface area contributed by atoms with Crippen LogP contribution in [0.5, 0.6) is 0 Å². The van der Waals surface area contributed by atoms with E-state index in [1.165, 1.54) is 11.8 Å². The zero-order valence-electron chi connectivity index (χ0n) is 17.6. The molecule has 0 fully saturated rings. The minimum Gasteiger partial charge on any atom is -0.460 e. The molecule has 0 spiro atoms. The van der Waals surface area contributed by atoms with Gasteiger partial charge in [-0.2, -0.15) is 0 Å². The molecule has 1 aliphatic heterocycles. The van der Waals surface area contributed by atoms with Gasteiger partial charge in [0.15, 0.2) is 6.61 Å². The van der Waals surface area contributed by atoms with Gasteiger partial charge in [-0.3, -0.25) is 14.4 Å². The van der Waals surface area contributed by atoms with Gasteiger partial charge in [0, 0.05) is 10.3 Å². The highest BCUT2D eigenvalue weighted by Gasteiger charge is 2.30. The lowest BCUT2D eigenvalue weighted by Gasteiger charge is -2.23. The third-order valence-corrected chi connectivity index (χ3v) is 6.02. The van der Waals surface area contributed by atoms with Crippen LogP contribution in [0, 0.1) is 0 Å². The van der Waals surface area contributed by atoms with Crippen molar-refractivity contribution in [2.75, 3.05) is 23.8 Å². The zero-order valence-corrected chi connectivity index (χ0v) is 18.4. The van der Waals surface area contributed by atoms with Crippen molar-refractivity contribution in [3.8, 4) is 0 Å². The Morgan fingerprint density at radius 2 is 1.85 bits per heavy atom. The lowest BCUT2D eigenvalue weighted by molar-refractivity contribution is -0.147. The van der Waals surface area contributed by atoms with E-state index in [0.29, 0.717) is 16.7 Å². The van der Waals surface area contributed by atoms with E-state index in [1.54, 1.807) is 37.3 Å². The van der Waals surface area contributed by atoms with Crippen LogP contribution < -0.4 is 10.6 Å². The van der Waals surface area contributed by atoms with Gasteiger partial charge in [0.2, 0.25) is 11.7 Å². The van der Waals surface area contributed by atoms with E-state index in [-0.39, 0.29) is 30.4 Å². The number of hydrogen-bond acceptors (Lipinski definition) is 8. The summed E-state index contributed by atoms with van der Waals surface area (Å²) in [4.78, 5) is 50.0. The molecule has 2 heterocycles. The molecule has 0 aliphatic carbocycles. The predicted octanol–water partition coefficient (Wildman–Crippen LogP) is 3.59. The Hall–Kier alpha value is -3.79. The van der Waals surface area contributed by atoms with E-state index >= 15 is 0 Å². The summed E-state index contributed by atoms with van der Waals surface area (Å²) in [6.45, 7) is 1.20. The summed E-state index contributed by atoms with van der Waals surface area (Å²) in [5, 5.41) is 5.16. The number of nitrogens with one attached hydrogen (secondary N) is 2. The van der Waals surface area contributed by atoms with Crippen LogP contribution in [-0.4, -0.2) is 42.2 Å². The molecule has 33 heavy (non-hydrogen) atoms. The van der Waals surface area contributed by atoms with Gasteiger partial charge in [0.1, 0.15) is 11.3 Å². The summed E-state index contributed by atoms with van der Waals surface area (Å²) in [5.74, 6) is -2.52. The number of carbonyl (C=O) groups excluding carboxylic acids is 4. The molecule has 1 aromatic heterocycles. The topological polar surface area (TPSA) is 124 Å². The number of ether oxygens (including phenoxy) is 2. The molecule has 10 heteroatoms. The number of hydrogen-bond donors (Lipinski definition) is 2. The average Bonchev–Trinajstić information content (AvgIpc) is 3.17. The van der Waals surface area contributed by atoms with Crippen LogP contribution in [-0.2, 0) is 23.9 Å². The van der Waals surface area contributed by atoms with E-state index < -0.39 is 29.7 Å². The van der Waals surface area contributed by atoms with Crippen molar-refractivity contribution >= 4 is 57.9 Å². The van der Waals surface area contributed by atoms with Crippen LogP contribution in [0.15, 0.2) is 57.8 Å². The third-order valence-electron chi connectivity index (χ3n) is 4.74. The Balaban J connectivity index is 1.37. The van der Waals surface area contributed by atoms with Crippen molar-refractivity contribution in [1.82, 2.24) is 0 Å². The maximum atomic E-state index is 12.4. The summed E-state index contributed by atoms with van der Waals surface area (Å²) < 4.78 is 15.6. The molecule has 4 rings (SSSR count). The standard InChI is InChI=1S/C23H20N2O7S/c1-2-30-23(29)21-20(13-7-3-5-9-15(13)32-21)25-18(26)12-31-19(27)11-17-22(28)24-14-8-4-6-10-16(14)33-17/h3-10,17H,2,11-12H2,1H3,(H,24,28)(H,25,26)/t17-/m1/s1. The van der Waals surface area contributed by atoms with Gasteiger partial charge in [-0.05, 0) is 31.2 Å². The summed E-state index contributed by atoms with van der Waals surface area (Å²) in [6.07, 6.45) is -0.194. The largest absolute Gasteiger partial charge is 0.460 e. The van der Waals surface area contributed by atoms with Crippen molar-refractivity contribution in [2.24, 2.45) is 0 Å². The molecule has 2 aromatic carbocycles. The smallest absolute Gasteiger partial charge is 0.376 e. The number of para-hydroxylation sites is 2. The highest BCUT2D eigenvalue weighted by Crippen LogP contribution is 2.36. The minimum absolute atomic E-state index is 0.137. The quantitative estimate of drug-likeness (QED) is 0.504. The molecule has 1 aliphatic rings. The van der Waals surface area contributed by atoms with Crippen LogP contribution in [0.3, 0.4) is 0 Å². The molecule has 0 saturated heterocycles. The number of esters is 2. The highest BCUT2D eigenvalue weighted by molar-refractivity contribution is 8.01. The van der Waals surface area contributed by atoms with Gasteiger partial charge in [-0.25, -0.2) is 4.79 Å². The Labute approximate surface area is 192 Å². The average molecular weight is 468 g/mol. The number of benzene rings is 2. The predicted molar refractivity (Wildman–Crippen MR) is 121 cm³/mol. The van der Waals surface area contributed by atoms with Gasteiger partial charge in [-0.1, -0.05) is 24.3 Å². The maximum absolute atomic E-state index is 12.4. The number of rotatable bonds is 7. The van der Waals surface area contributed by atoms with Gasteiger partial charge >= 0.3 is 11.9 Å². The molecular weight excluding hydrogens is 448 g/mol. The van der Waals surface area contributed by atoms with E-state index in [1.807, 2.05) is 18.2 Å². The highest BCUT2D eigenvalue weighted by atomic mass is 32.2. The van der Waals surface area contributed by atoms with E-state index in [4.69, 9.17) is 13.9 Å². The second-order valence-corrected chi connectivity index (χ2v) is 8.27. The molecule has 2 amide bonds. The number of furan rings is 1. The third kappa shape index (κ3) is 5.01. The fourth-order valence-corrected chi connectivity index (χ4v) is 4.36. The lowest BCUT2D eigenvalue weighted by atomic mass is 10.2. The van der Waals surface area contributed by atoms with Crippen LogP contribution in [0.2, 0.25) is 0 Å². The molecule has 1 atom stereocenters. The molecule has 3 aromatic rings. The van der Waals surface area contributed by atoms with Crippen molar-refractivity contribution in [3.05, 3.63) is 54.3 Å². The van der Waals surface area contributed by atoms with Crippen molar-refractivity contribution in [3.63, 3.8) is 0 Å². The number of thioether (sulfide) groups is 1. The van der Waals surface area contributed by atoms with E-state index in [9.17, 15) is 19.2 Å². The number of carbonyl (C=O) groups is 4. The number of fused-ring (bicyclic) bond motifs is 2. The van der Waals surface area contributed by atoms with Gasteiger partial charge in [0.05, 0.1) is 24.0 Å². The first-order valence-electron chi connectivity index (χ1n) is 10.2. The fourth-order valence-electron chi connectivity index (χ4n) is 3.27. The van der Waals surface area contributed by atoms with Crippen LogP contribution >= 0.6 is 11.8 Å². The molecule has 170 valence electrons. The zero-order chi connectivity index (χ0) is 23.4. The van der Waals surface area contributed by atoms with Gasteiger partial charge < -0.3 is 24.5 Å². The van der Waals surface area contributed by atoms with Crippen molar-refractivity contribution in [1.29, 1.82) is 0 Å². The Morgan fingerprint density at radius 3 is 2.67 bits per heavy atom. The normalized spacial score (nSPS) is 14.8. The molecule has 0 unspecified atom stereocenters. The minimum atomic E-state index is -0.721. The monoisotopic (exact) mass is 468 g/mol. The lowest BCUT2D eigenvalue weighted by Crippen LogP contribution is -2.32. The Kier molecular flexibility index (Phi) is 6.64. The Bertz CT molecular complexity index is 1240. The molecule has 0 saturated carbocycles. The number of anilines is 2. The summed E-state index contributed by atoms with van der Waals surface area (Å²) in [6, 6.07) is 14.1. The first kappa shape index (κ1) is 22.4. The molecule has 9 nitrogen and oxygen atoms in total. The first-order chi connectivity index (χ1) is 16.0. The van der Waals surface area contributed by atoms with E-state index in [0.717, 1.165) is 4.90 Å². The molecular formula is C23H20N2O7S. The molecule has 0 bridgehead atoms. The van der Waals surface area contributed by atoms with Gasteiger partial charge in [-0.15, -0.1) is 11.8 Å². The Morgan fingerprint density at radius 1 is 1.09 bits per heavy atom. The van der Waals surface area contributed by atoms with Crippen molar-refractivity contribution in [2.45, 2.75) is 23.5 Å². The van der Waals surface area contributed by atoms with E-state index in [2.05, 4.69) is 10.6 Å². The second-order valence-electron chi connectivity index (χ2n) is 7.03. The first-order valence-corrected chi connectivity index (χ1v) is 11.0. The SMILES string of the molecule is CCOC(=O)c1oc2ccccc2c1NC(=O)COC(=O)C[C@H]1Sc2ccccc2NC1=O. The van der Waals surface area contributed by atoms with Gasteiger partial charge in [0.25, 0.3) is 5.91 Å².